The third-order valence-electron chi connectivity index (χ3n) is 4.36. The Morgan fingerprint density at radius 3 is 2.38 bits per heavy atom. The number of benzene rings is 2. The van der Waals surface area contributed by atoms with Crippen LogP contribution in [0.2, 0.25) is 0 Å². The van der Waals surface area contributed by atoms with Crippen molar-refractivity contribution in [2.24, 2.45) is 16.5 Å². The van der Waals surface area contributed by atoms with Crippen molar-refractivity contribution in [3.8, 4) is 22.8 Å². The smallest absolute Gasteiger partial charge is 0.325 e. The van der Waals surface area contributed by atoms with Gasteiger partial charge in [-0.05, 0) is 42.5 Å². The molecule has 9 heteroatoms. The molecule has 0 saturated carbocycles. The number of allylic oxidation sites excluding steroid dienone is 1. The Balaban J connectivity index is 1.99. The molecule has 0 aliphatic carbocycles. The van der Waals surface area contributed by atoms with Crippen LogP contribution in [0.15, 0.2) is 71.9 Å². The summed E-state index contributed by atoms with van der Waals surface area (Å²) in [5.74, 6) is 0.0127. The van der Waals surface area contributed by atoms with Crippen molar-refractivity contribution >= 4 is 29.3 Å². The third kappa shape index (κ3) is 5.28. The lowest BCUT2D eigenvalue weighted by molar-refractivity contribution is -0.135. The molecule has 162 valence electrons. The molecule has 0 amide bonds. The van der Waals surface area contributed by atoms with Crippen LogP contribution in [0.3, 0.4) is 0 Å². The van der Waals surface area contributed by atoms with Crippen molar-refractivity contribution < 1.29 is 14.6 Å². The predicted molar refractivity (Wildman–Crippen MR) is 125 cm³/mol. The van der Waals surface area contributed by atoms with Gasteiger partial charge < -0.3 is 27.0 Å². The molecule has 0 saturated heterocycles. The number of pyridine rings is 1. The number of aliphatic imine (C=N–C) groups is 1. The van der Waals surface area contributed by atoms with Gasteiger partial charge in [-0.1, -0.05) is 18.2 Å². The number of ether oxygens (including phenoxy) is 1. The van der Waals surface area contributed by atoms with Gasteiger partial charge in [0.1, 0.15) is 23.9 Å². The number of aliphatic carboxylic acids is 1. The molecular formula is C23H22N6O3. The Kier molecular flexibility index (Phi) is 6.81. The second-order valence-corrected chi connectivity index (χ2v) is 6.66. The molecule has 0 atom stereocenters. The summed E-state index contributed by atoms with van der Waals surface area (Å²) in [5.41, 5.74) is 19.9. The molecule has 0 bridgehead atoms. The van der Waals surface area contributed by atoms with Gasteiger partial charge in [-0.2, -0.15) is 0 Å². The first-order valence-corrected chi connectivity index (χ1v) is 9.51. The minimum atomic E-state index is -1.07. The van der Waals surface area contributed by atoms with E-state index >= 15 is 0 Å². The molecule has 1 heterocycles. The van der Waals surface area contributed by atoms with Gasteiger partial charge in [0, 0.05) is 29.2 Å². The van der Waals surface area contributed by atoms with Crippen LogP contribution in [0.5, 0.6) is 11.5 Å². The van der Waals surface area contributed by atoms with E-state index in [1.54, 1.807) is 24.3 Å². The van der Waals surface area contributed by atoms with Gasteiger partial charge in [0.05, 0.1) is 17.0 Å². The average molecular weight is 430 g/mol. The second kappa shape index (κ2) is 9.90. The highest BCUT2D eigenvalue weighted by atomic mass is 16.5. The van der Waals surface area contributed by atoms with E-state index in [9.17, 15) is 4.79 Å². The molecular weight excluding hydrogens is 408 g/mol. The number of hydrogen-bond acceptors (Lipinski definition) is 7. The van der Waals surface area contributed by atoms with E-state index in [1.165, 1.54) is 18.5 Å². The molecule has 2 aromatic carbocycles. The number of nitrogens with two attached hydrogens (primary N) is 3. The first kappa shape index (κ1) is 22.0. The molecule has 32 heavy (non-hydrogen) atoms. The van der Waals surface area contributed by atoms with Crippen LogP contribution in [0.25, 0.3) is 16.8 Å². The lowest BCUT2D eigenvalue weighted by atomic mass is 10.0. The van der Waals surface area contributed by atoms with Crippen LogP contribution >= 0.6 is 0 Å². The van der Waals surface area contributed by atoms with E-state index in [2.05, 4.69) is 9.98 Å². The van der Waals surface area contributed by atoms with Gasteiger partial charge in [0.25, 0.3) is 0 Å². The second-order valence-electron chi connectivity index (χ2n) is 6.66. The van der Waals surface area contributed by atoms with Gasteiger partial charge in [-0.25, -0.2) is 4.98 Å². The quantitative estimate of drug-likeness (QED) is 0.270. The summed E-state index contributed by atoms with van der Waals surface area (Å²) in [4.78, 5) is 19.1. The Bertz CT molecular complexity index is 1190. The monoisotopic (exact) mass is 430 g/mol. The molecule has 0 unspecified atom stereocenters. The zero-order valence-corrected chi connectivity index (χ0v) is 17.0. The first-order valence-electron chi connectivity index (χ1n) is 9.51. The van der Waals surface area contributed by atoms with Gasteiger partial charge >= 0.3 is 5.97 Å². The number of aromatic nitrogens is 1. The van der Waals surface area contributed by atoms with Gasteiger partial charge in [-0.15, -0.1) is 0 Å². The standard InChI is InChI=1S/C23H22N6O3/c24-11-15(12-28-13-20(30)31)19-10-18(25)21(23(26)27)22(29-19)14-6-8-17(9-7-14)32-16-4-2-1-3-5-16/h1-12H,13,24H2,(H2,25,29)(H3,26,27)(H,30,31). The largest absolute Gasteiger partial charge is 0.480 e. The number of amidine groups is 1. The number of carboxylic acid groups (broad SMARTS) is 1. The number of anilines is 1. The summed E-state index contributed by atoms with van der Waals surface area (Å²) in [5, 5.41) is 16.7. The van der Waals surface area contributed by atoms with Crippen molar-refractivity contribution in [1.82, 2.24) is 4.98 Å². The lowest BCUT2D eigenvalue weighted by Crippen LogP contribution is -2.17. The fourth-order valence-corrected chi connectivity index (χ4v) is 2.93. The fourth-order valence-electron chi connectivity index (χ4n) is 2.93. The lowest BCUT2D eigenvalue weighted by Gasteiger charge is -2.14. The number of hydrogen-bond donors (Lipinski definition) is 5. The van der Waals surface area contributed by atoms with Gasteiger partial charge in [0.15, 0.2) is 0 Å². The number of para-hydroxylation sites is 1. The summed E-state index contributed by atoms with van der Waals surface area (Å²) in [6.07, 6.45) is 2.56. The number of carbonyl (C=O) groups is 1. The zero-order chi connectivity index (χ0) is 23.1. The number of carboxylic acids is 1. The fraction of sp³-hybridized carbons (Fsp3) is 0.0435. The van der Waals surface area contributed by atoms with Crippen LogP contribution in [0.1, 0.15) is 11.3 Å². The Morgan fingerprint density at radius 1 is 1.12 bits per heavy atom. The summed E-state index contributed by atoms with van der Waals surface area (Å²) in [7, 11) is 0. The van der Waals surface area contributed by atoms with Gasteiger partial charge in [-0.3, -0.25) is 15.2 Å². The van der Waals surface area contributed by atoms with Crippen molar-refractivity contribution in [3.05, 3.63) is 78.1 Å². The summed E-state index contributed by atoms with van der Waals surface area (Å²) in [6, 6.07) is 18.0. The molecule has 9 nitrogen and oxygen atoms in total. The molecule has 0 spiro atoms. The molecule has 0 radical (unpaired) electrons. The van der Waals surface area contributed by atoms with Gasteiger partial charge in [0.2, 0.25) is 0 Å². The number of nitrogen functional groups attached to an aromatic ring is 2. The highest BCUT2D eigenvalue weighted by molar-refractivity contribution is 6.11. The topological polar surface area (TPSA) is 174 Å². The maximum atomic E-state index is 10.7. The Hall–Kier alpha value is -4.66. The van der Waals surface area contributed by atoms with Crippen LogP contribution in [-0.2, 0) is 4.79 Å². The maximum Gasteiger partial charge on any atom is 0.325 e. The van der Waals surface area contributed by atoms with Crippen LogP contribution < -0.4 is 21.9 Å². The average Bonchev–Trinajstić information content (AvgIpc) is 2.77. The molecule has 3 rings (SSSR count). The molecule has 1 aromatic heterocycles. The molecule has 0 fully saturated rings. The van der Waals surface area contributed by atoms with E-state index in [-0.39, 0.29) is 17.1 Å². The summed E-state index contributed by atoms with van der Waals surface area (Å²) < 4.78 is 5.81. The highest BCUT2D eigenvalue weighted by Crippen LogP contribution is 2.30. The minimum absolute atomic E-state index is 0.230. The number of nitrogens with one attached hydrogen (secondary N) is 1. The van der Waals surface area contributed by atoms with Crippen molar-refractivity contribution in [2.45, 2.75) is 0 Å². The minimum Gasteiger partial charge on any atom is -0.480 e. The van der Waals surface area contributed by atoms with E-state index in [1.807, 2.05) is 30.3 Å². The van der Waals surface area contributed by atoms with Crippen LogP contribution in [-0.4, -0.2) is 34.7 Å². The van der Waals surface area contributed by atoms with Crippen molar-refractivity contribution in [1.29, 1.82) is 5.41 Å². The van der Waals surface area contributed by atoms with Crippen LogP contribution in [0.4, 0.5) is 5.69 Å². The van der Waals surface area contributed by atoms with E-state index < -0.39 is 12.5 Å². The SMILES string of the molecule is N=C(N)c1c(N)cc(C(C=NCC(=O)O)=CN)nc1-c1ccc(Oc2ccccc2)cc1. The van der Waals surface area contributed by atoms with Crippen LogP contribution in [0, 0.1) is 5.41 Å². The molecule has 3 aromatic rings. The Labute approximate surface area is 184 Å². The molecule has 8 N–H and O–H groups in total. The first-order chi connectivity index (χ1) is 15.4. The van der Waals surface area contributed by atoms with E-state index in [0.717, 1.165) is 0 Å². The molecule has 0 aliphatic rings. The third-order valence-corrected chi connectivity index (χ3v) is 4.36. The van der Waals surface area contributed by atoms with Crippen molar-refractivity contribution in [3.63, 3.8) is 0 Å². The van der Waals surface area contributed by atoms with Crippen molar-refractivity contribution in [2.75, 3.05) is 12.3 Å². The number of nitrogens with zero attached hydrogens (tertiary/aromatic N) is 2. The Morgan fingerprint density at radius 2 is 1.78 bits per heavy atom. The summed E-state index contributed by atoms with van der Waals surface area (Å²) >= 11 is 0. The predicted octanol–water partition coefficient (Wildman–Crippen LogP) is 2.86. The zero-order valence-electron chi connectivity index (χ0n) is 17.0. The van der Waals surface area contributed by atoms with E-state index in [4.69, 9.17) is 32.5 Å². The molecule has 0 aliphatic heterocycles. The normalized spacial score (nSPS) is 11.4. The number of rotatable bonds is 8. The summed E-state index contributed by atoms with van der Waals surface area (Å²) in [6.45, 7) is -0.409. The highest BCUT2D eigenvalue weighted by Gasteiger charge is 2.17. The maximum absolute atomic E-state index is 10.7. The van der Waals surface area contributed by atoms with E-state index in [0.29, 0.717) is 34.0 Å².